The minimum atomic E-state index is -0.440. The maximum absolute atomic E-state index is 12.3. The van der Waals surface area contributed by atoms with E-state index in [0.29, 0.717) is 22.4 Å². The summed E-state index contributed by atoms with van der Waals surface area (Å²) < 4.78 is 18.7. The van der Waals surface area contributed by atoms with E-state index in [4.69, 9.17) is 25.6 Å². The van der Waals surface area contributed by atoms with Crippen molar-refractivity contribution in [3.05, 3.63) is 101 Å². The van der Waals surface area contributed by atoms with Gasteiger partial charge in [-0.25, -0.2) is 0 Å². The van der Waals surface area contributed by atoms with Gasteiger partial charge in [0, 0.05) is 10.6 Å². The monoisotopic (exact) mass is 581 g/mol. The van der Waals surface area contributed by atoms with E-state index in [9.17, 15) is 4.79 Å². The summed E-state index contributed by atoms with van der Waals surface area (Å²) in [5.74, 6) is 1.53. The fourth-order valence-corrected chi connectivity index (χ4v) is 6.06. The Labute approximate surface area is 226 Å². The number of nitrogens with zero attached hydrogens (tertiary/aromatic N) is 3. The zero-order valence-corrected chi connectivity index (χ0v) is 22.7. The first-order valence-electron chi connectivity index (χ1n) is 11.7. The minimum absolute atomic E-state index is 0.113. The molecule has 2 atom stereocenters. The van der Waals surface area contributed by atoms with Crippen molar-refractivity contribution < 1.29 is 18.8 Å². The molecule has 0 fully saturated rings. The van der Waals surface area contributed by atoms with Crippen molar-refractivity contribution in [2.45, 2.75) is 31.5 Å². The number of hydrogen-bond acceptors (Lipinski definition) is 6. The average molecular weight is 581 g/mol. The summed E-state index contributed by atoms with van der Waals surface area (Å²) in [5, 5.41) is 10.7. The molecule has 0 N–H and O–H groups in total. The van der Waals surface area contributed by atoms with Gasteiger partial charge in [0.2, 0.25) is 0 Å². The second kappa shape index (κ2) is 11.2. The van der Waals surface area contributed by atoms with Crippen LogP contribution in [0.3, 0.4) is 0 Å². The average Bonchev–Trinajstić information content (AvgIpc) is 3.57. The predicted molar refractivity (Wildman–Crippen MR) is 143 cm³/mol. The predicted octanol–water partition coefficient (Wildman–Crippen LogP) is 5.28. The summed E-state index contributed by atoms with van der Waals surface area (Å²) in [5.41, 5.74) is 2.40. The molecule has 4 aromatic rings. The SMILES string of the molecule is CC(=O)N1N=C(c2ccc(OCc3cc(-c4ccc(Cl)cc4)no3)cc2)OC1C(C)[Se]c1ccccc1. The van der Waals surface area contributed by atoms with Gasteiger partial charge in [0.25, 0.3) is 0 Å². The molecule has 1 amide bonds. The third kappa shape index (κ3) is 6.05. The molecule has 0 spiro atoms. The molecular weight excluding hydrogens is 557 g/mol. The van der Waals surface area contributed by atoms with E-state index in [1.165, 1.54) is 16.4 Å². The van der Waals surface area contributed by atoms with Crippen LogP contribution in [-0.2, 0) is 16.1 Å². The van der Waals surface area contributed by atoms with Crippen LogP contribution in [0.15, 0.2) is 94.6 Å². The van der Waals surface area contributed by atoms with Crippen molar-refractivity contribution in [1.82, 2.24) is 10.2 Å². The van der Waals surface area contributed by atoms with E-state index in [2.05, 4.69) is 29.3 Å². The number of hydrazone groups is 1. The second-order valence-corrected chi connectivity index (χ2v) is 11.9. The summed E-state index contributed by atoms with van der Waals surface area (Å²) in [6.45, 7) is 3.82. The Bertz CT molecular complexity index is 1390. The van der Waals surface area contributed by atoms with Crippen molar-refractivity contribution in [2.24, 2.45) is 5.10 Å². The van der Waals surface area contributed by atoms with Crippen LogP contribution in [0.1, 0.15) is 25.2 Å². The molecule has 1 aliphatic heterocycles. The summed E-state index contributed by atoms with van der Waals surface area (Å²) in [7, 11) is 0. The molecule has 37 heavy (non-hydrogen) atoms. The first-order valence-corrected chi connectivity index (χ1v) is 13.9. The van der Waals surface area contributed by atoms with Crippen molar-refractivity contribution in [1.29, 1.82) is 0 Å². The van der Waals surface area contributed by atoms with Gasteiger partial charge in [-0.3, -0.25) is 0 Å². The van der Waals surface area contributed by atoms with Crippen LogP contribution < -0.4 is 9.20 Å². The van der Waals surface area contributed by atoms with Crippen molar-refractivity contribution in [3.8, 4) is 17.0 Å². The number of carbonyl (C=O) groups excluding carboxylic acids is 1. The van der Waals surface area contributed by atoms with Crippen LogP contribution in [-0.4, -0.2) is 43.2 Å². The number of ether oxygens (including phenoxy) is 2. The topological polar surface area (TPSA) is 77.2 Å². The zero-order chi connectivity index (χ0) is 25.8. The Kier molecular flexibility index (Phi) is 7.60. The molecule has 0 saturated carbocycles. The fraction of sp³-hybridized carbons (Fsp3) is 0.179. The van der Waals surface area contributed by atoms with Crippen molar-refractivity contribution in [3.63, 3.8) is 0 Å². The number of rotatable bonds is 8. The van der Waals surface area contributed by atoms with Gasteiger partial charge in [0.1, 0.15) is 5.69 Å². The molecular formula is C28H24ClN3O4Se. The normalized spacial score (nSPS) is 15.7. The van der Waals surface area contributed by atoms with Gasteiger partial charge in [-0.1, -0.05) is 28.9 Å². The molecule has 188 valence electrons. The first kappa shape index (κ1) is 25.1. The zero-order valence-electron chi connectivity index (χ0n) is 20.2. The van der Waals surface area contributed by atoms with Gasteiger partial charge in [-0.2, -0.15) is 0 Å². The fourth-order valence-electron chi connectivity index (χ4n) is 3.77. The number of halogens is 1. The van der Waals surface area contributed by atoms with E-state index in [1.54, 1.807) is 0 Å². The van der Waals surface area contributed by atoms with Crippen molar-refractivity contribution in [2.75, 3.05) is 0 Å². The first-order chi connectivity index (χ1) is 18.0. The van der Waals surface area contributed by atoms with Crippen LogP contribution in [0.4, 0.5) is 0 Å². The van der Waals surface area contributed by atoms with E-state index >= 15 is 0 Å². The molecule has 1 aliphatic rings. The van der Waals surface area contributed by atoms with Gasteiger partial charge in [-0.05, 0) is 12.1 Å². The summed E-state index contributed by atoms with van der Waals surface area (Å²) in [4.78, 5) is 12.4. The van der Waals surface area contributed by atoms with Crippen molar-refractivity contribution >= 4 is 42.8 Å². The molecule has 5 rings (SSSR count). The Morgan fingerprint density at radius 2 is 1.76 bits per heavy atom. The molecule has 0 saturated heterocycles. The van der Waals surface area contributed by atoms with E-state index in [0.717, 1.165) is 16.8 Å². The quantitative estimate of drug-likeness (QED) is 0.265. The van der Waals surface area contributed by atoms with Crippen LogP contribution in [0, 0.1) is 0 Å². The third-order valence-electron chi connectivity index (χ3n) is 5.64. The molecule has 2 unspecified atom stereocenters. The molecule has 7 nitrogen and oxygen atoms in total. The van der Waals surface area contributed by atoms with Crippen LogP contribution in [0.5, 0.6) is 5.75 Å². The van der Waals surface area contributed by atoms with Gasteiger partial charge >= 0.3 is 169 Å². The molecule has 1 aromatic heterocycles. The standard InChI is InChI=1S/C28H24ClN3O4Se/c1-18(37-25-6-4-3-5-7-25)28-32(19(2)33)30-27(35-28)21-10-14-23(15-11-21)34-17-24-16-26(31-36-24)20-8-12-22(29)13-9-20/h3-16,18,28H,17H2,1-2H3. The molecule has 9 heteroatoms. The van der Waals surface area contributed by atoms with Gasteiger partial charge in [0.15, 0.2) is 0 Å². The number of carbonyl (C=O) groups is 1. The second-order valence-electron chi connectivity index (χ2n) is 8.41. The van der Waals surface area contributed by atoms with E-state index < -0.39 is 6.23 Å². The number of amides is 1. The van der Waals surface area contributed by atoms with Gasteiger partial charge < -0.3 is 0 Å². The number of hydrogen-bond donors (Lipinski definition) is 0. The molecule has 0 aliphatic carbocycles. The molecule has 3 aromatic carbocycles. The molecule has 0 radical (unpaired) electrons. The van der Waals surface area contributed by atoms with E-state index in [1.807, 2.05) is 72.8 Å². The Hall–Kier alpha value is -3.58. The van der Waals surface area contributed by atoms with Gasteiger partial charge in [-0.15, -0.1) is 0 Å². The Balaban J connectivity index is 1.21. The number of aromatic nitrogens is 1. The summed E-state index contributed by atoms with van der Waals surface area (Å²) >= 11 is 6.07. The van der Waals surface area contributed by atoms with Crippen LogP contribution in [0.25, 0.3) is 11.3 Å². The van der Waals surface area contributed by atoms with Crippen LogP contribution >= 0.6 is 11.6 Å². The Morgan fingerprint density at radius 1 is 1.05 bits per heavy atom. The summed E-state index contributed by atoms with van der Waals surface area (Å²) in [6.07, 6.45) is -0.440. The molecule has 0 bridgehead atoms. The van der Waals surface area contributed by atoms with Gasteiger partial charge in [0.05, 0.1) is 0 Å². The summed E-state index contributed by atoms with van der Waals surface area (Å²) in [6, 6.07) is 26.9. The third-order valence-corrected chi connectivity index (χ3v) is 8.31. The number of benzene rings is 3. The Morgan fingerprint density at radius 3 is 2.46 bits per heavy atom. The van der Waals surface area contributed by atoms with Crippen LogP contribution in [0.2, 0.25) is 9.84 Å². The maximum atomic E-state index is 12.3. The van der Waals surface area contributed by atoms with E-state index in [-0.39, 0.29) is 32.3 Å². The molecule has 2 heterocycles.